The first-order valence-electron chi connectivity index (χ1n) is 9.33. The molecule has 4 rings (SSSR count). The molecule has 5 nitrogen and oxygen atoms in total. The predicted octanol–water partition coefficient (Wildman–Crippen LogP) is 2.80. The molecule has 0 radical (unpaired) electrons. The third-order valence-electron chi connectivity index (χ3n) is 5.87. The van der Waals surface area contributed by atoms with E-state index >= 15 is 0 Å². The molecule has 4 unspecified atom stereocenters. The summed E-state index contributed by atoms with van der Waals surface area (Å²) in [7, 11) is 0. The van der Waals surface area contributed by atoms with Gasteiger partial charge in [0.05, 0.1) is 17.8 Å². The molecule has 2 heterocycles. The fourth-order valence-corrected chi connectivity index (χ4v) is 4.60. The number of aromatic nitrogens is 2. The summed E-state index contributed by atoms with van der Waals surface area (Å²) in [5.41, 5.74) is 7.98. The fraction of sp³-hybridized carbons (Fsp3) is 0.500. The zero-order valence-corrected chi connectivity index (χ0v) is 14.8. The van der Waals surface area contributed by atoms with Crippen LogP contribution in [0.25, 0.3) is 0 Å². The Hall–Kier alpha value is -2.23. The van der Waals surface area contributed by atoms with Gasteiger partial charge in [-0.3, -0.25) is 9.58 Å². The van der Waals surface area contributed by atoms with Crippen LogP contribution in [-0.4, -0.2) is 39.9 Å². The molecular weight excluding hydrogens is 329 g/mol. The molecule has 1 saturated heterocycles. The van der Waals surface area contributed by atoms with Crippen molar-refractivity contribution in [3.05, 3.63) is 53.6 Å². The maximum absolute atomic E-state index is 13.3. The van der Waals surface area contributed by atoms with E-state index in [-0.39, 0.29) is 17.9 Å². The van der Waals surface area contributed by atoms with Gasteiger partial charge in [-0.05, 0) is 55.8 Å². The van der Waals surface area contributed by atoms with Crippen LogP contribution < -0.4 is 5.73 Å². The zero-order chi connectivity index (χ0) is 18.1. The van der Waals surface area contributed by atoms with Crippen molar-refractivity contribution in [1.29, 1.82) is 5.26 Å². The highest BCUT2D eigenvalue weighted by molar-refractivity contribution is 5.25. The van der Waals surface area contributed by atoms with Gasteiger partial charge in [0.25, 0.3) is 0 Å². The number of nitrogens with zero attached hydrogens (tertiary/aromatic N) is 4. The summed E-state index contributed by atoms with van der Waals surface area (Å²) in [6.45, 7) is 1.96. The molecule has 1 saturated carbocycles. The van der Waals surface area contributed by atoms with E-state index in [4.69, 9.17) is 11.0 Å². The molecule has 1 aliphatic heterocycles. The summed E-state index contributed by atoms with van der Waals surface area (Å²) in [5.74, 6) is 0.158. The van der Waals surface area contributed by atoms with Crippen molar-refractivity contribution >= 4 is 0 Å². The molecule has 2 aromatic rings. The molecule has 4 atom stereocenters. The number of hydrogen-bond donors (Lipinski definition) is 1. The monoisotopic (exact) mass is 353 g/mol. The van der Waals surface area contributed by atoms with Gasteiger partial charge in [-0.15, -0.1) is 0 Å². The molecule has 1 aliphatic carbocycles. The Balaban J connectivity index is 1.61. The summed E-state index contributed by atoms with van der Waals surface area (Å²) in [6, 6.07) is 9.79. The normalized spacial score (nSPS) is 29.6. The number of hydrogen-bond acceptors (Lipinski definition) is 4. The maximum Gasteiger partial charge on any atom is 0.123 e. The topological polar surface area (TPSA) is 70.9 Å². The quantitative estimate of drug-likeness (QED) is 0.921. The highest BCUT2D eigenvalue weighted by Crippen LogP contribution is 2.44. The van der Waals surface area contributed by atoms with Crippen LogP contribution in [0, 0.1) is 17.1 Å². The Labute approximate surface area is 153 Å². The predicted molar refractivity (Wildman–Crippen MR) is 96.9 cm³/mol. The number of rotatable bonds is 3. The Bertz CT molecular complexity index is 793. The van der Waals surface area contributed by atoms with E-state index in [1.807, 2.05) is 23.0 Å². The number of likely N-dealkylation sites (tertiary alicyclic amines) is 1. The van der Waals surface area contributed by atoms with Crippen LogP contribution in [-0.2, 0) is 0 Å². The molecule has 2 fully saturated rings. The number of benzene rings is 1. The lowest BCUT2D eigenvalue weighted by atomic mass is 9.97. The molecule has 2 N–H and O–H groups in total. The summed E-state index contributed by atoms with van der Waals surface area (Å²) in [6.07, 6.45) is 7.61. The SMILES string of the molecule is N#Cc1cnn(C2CC(c3ccc(F)cc3)CC2N2CCCC(N)C2)c1. The largest absolute Gasteiger partial charge is 0.327 e. The smallest absolute Gasteiger partial charge is 0.123 e. The second kappa shape index (κ2) is 7.18. The van der Waals surface area contributed by atoms with E-state index in [1.165, 1.54) is 17.7 Å². The number of piperidine rings is 1. The van der Waals surface area contributed by atoms with E-state index in [0.717, 1.165) is 38.8 Å². The first-order valence-corrected chi connectivity index (χ1v) is 9.33. The molecule has 26 heavy (non-hydrogen) atoms. The molecule has 0 bridgehead atoms. The number of halogens is 1. The van der Waals surface area contributed by atoms with Crippen LogP contribution in [0.5, 0.6) is 0 Å². The lowest BCUT2D eigenvalue weighted by Gasteiger charge is -2.38. The lowest BCUT2D eigenvalue weighted by Crippen LogP contribution is -2.49. The van der Waals surface area contributed by atoms with Crippen LogP contribution >= 0.6 is 0 Å². The molecule has 136 valence electrons. The van der Waals surface area contributed by atoms with E-state index in [2.05, 4.69) is 16.1 Å². The van der Waals surface area contributed by atoms with E-state index in [1.54, 1.807) is 6.20 Å². The third-order valence-corrected chi connectivity index (χ3v) is 5.87. The van der Waals surface area contributed by atoms with Gasteiger partial charge in [0.15, 0.2) is 0 Å². The molecule has 6 heteroatoms. The Morgan fingerprint density at radius 2 is 1.96 bits per heavy atom. The molecule has 1 aromatic carbocycles. The van der Waals surface area contributed by atoms with Crippen molar-refractivity contribution in [2.24, 2.45) is 5.73 Å². The van der Waals surface area contributed by atoms with Gasteiger partial charge < -0.3 is 5.73 Å². The van der Waals surface area contributed by atoms with Crippen LogP contribution in [0.15, 0.2) is 36.7 Å². The van der Waals surface area contributed by atoms with Crippen molar-refractivity contribution in [2.45, 2.75) is 49.7 Å². The summed E-state index contributed by atoms with van der Waals surface area (Å²) >= 11 is 0. The van der Waals surface area contributed by atoms with Gasteiger partial charge in [0, 0.05) is 24.8 Å². The molecule has 1 aromatic heterocycles. The summed E-state index contributed by atoms with van der Waals surface area (Å²) < 4.78 is 15.3. The van der Waals surface area contributed by atoms with Crippen molar-refractivity contribution in [2.75, 3.05) is 13.1 Å². The molecule has 2 aliphatic rings. The van der Waals surface area contributed by atoms with Crippen LogP contribution in [0.3, 0.4) is 0 Å². The first-order chi connectivity index (χ1) is 12.6. The molecular formula is C20H24FN5. The minimum absolute atomic E-state index is 0.201. The first kappa shape index (κ1) is 17.2. The van der Waals surface area contributed by atoms with Gasteiger partial charge in [0.2, 0.25) is 0 Å². The van der Waals surface area contributed by atoms with E-state index in [9.17, 15) is 4.39 Å². The van der Waals surface area contributed by atoms with Crippen LogP contribution in [0.2, 0.25) is 0 Å². The average molecular weight is 353 g/mol. The minimum atomic E-state index is -0.201. The Morgan fingerprint density at radius 3 is 2.65 bits per heavy atom. The molecule has 0 amide bonds. The summed E-state index contributed by atoms with van der Waals surface area (Å²) in [5, 5.41) is 13.6. The Kier molecular flexibility index (Phi) is 4.75. The maximum atomic E-state index is 13.3. The van der Waals surface area contributed by atoms with Gasteiger partial charge in [-0.1, -0.05) is 12.1 Å². The van der Waals surface area contributed by atoms with E-state index in [0.29, 0.717) is 17.5 Å². The highest BCUT2D eigenvalue weighted by atomic mass is 19.1. The fourth-order valence-electron chi connectivity index (χ4n) is 4.60. The second-order valence-corrected chi connectivity index (χ2v) is 7.57. The Morgan fingerprint density at radius 1 is 1.19 bits per heavy atom. The van der Waals surface area contributed by atoms with Crippen molar-refractivity contribution in [3.8, 4) is 6.07 Å². The third kappa shape index (κ3) is 3.37. The van der Waals surface area contributed by atoms with Gasteiger partial charge in [-0.25, -0.2) is 4.39 Å². The zero-order valence-electron chi connectivity index (χ0n) is 14.8. The second-order valence-electron chi connectivity index (χ2n) is 7.57. The standard InChI is InChI=1S/C20H24FN5/c21-17-5-3-15(4-6-17)16-8-19(25-7-1-2-18(23)13-25)20(9-16)26-12-14(10-22)11-24-26/h3-6,11-12,16,18-20H,1-2,7-9,13,23H2. The van der Waals surface area contributed by atoms with Gasteiger partial charge in [0.1, 0.15) is 11.9 Å². The van der Waals surface area contributed by atoms with Crippen molar-refractivity contribution in [3.63, 3.8) is 0 Å². The lowest BCUT2D eigenvalue weighted by molar-refractivity contribution is 0.119. The van der Waals surface area contributed by atoms with Gasteiger partial charge in [-0.2, -0.15) is 10.4 Å². The highest BCUT2D eigenvalue weighted by Gasteiger charge is 2.40. The average Bonchev–Trinajstić information content (AvgIpc) is 3.29. The van der Waals surface area contributed by atoms with Crippen molar-refractivity contribution < 1.29 is 4.39 Å². The molecule has 0 spiro atoms. The van der Waals surface area contributed by atoms with Crippen LogP contribution in [0.4, 0.5) is 4.39 Å². The van der Waals surface area contributed by atoms with Crippen LogP contribution in [0.1, 0.15) is 48.8 Å². The number of nitriles is 1. The van der Waals surface area contributed by atoms with E-state index < -0.39 is 0 Å². The summed E-state index contributed by atoms with van der Waals surface area (Å²) in [4.78, 5) is 2.50. The van der Waals surface area contributed by atoms with Gasteiger partial charge >= 0.3 is 0 Å². The van der Waals surface area contributed by atoms with Crippen molar-refractivity contribution in [1.82, 2.24) is 14.7 Å². The number of nitrogens with two attached hydrogens (primary N) is 1. The minimum Gasteiger partial charge on any atom is -0.327 e.